The number of nitrogens with one attached hydrogen (secondary N) is 2. The summed E-state index contributed by atoms with van der Waals surface area (Å²) in [6.45, 7) is 6.19. The van der Waals surface area contributed by atoms with E-state index in [9.17, 15) is 4.79 Å². The van der Waals surface area contributed by atoms with Crippen LogP contribution in [0.5, 0.6) is 0 Å². The van der Waals surface area contributed by atoms with E-state index in [4.69, 9.17) is 0 Å². The molecule has 1 fully saturated rings. The summed E-state index contributed by atoms with van der Waals surface area (Å²) in [6.07, 6.45) is 1.02. The Labute approximate surface area is 103 Å². The maximum Gasteiger partial charge on any atom is 0.251 e. The molecule has 0 aliphatic carbocycles. The van der Waals surface area contributed by atoms with Crippen LogP contribution in [0.3, 0.4) is 0 Å². The maximum atomic E-state index is 11.9. The van der Waals surface area contributed by atoms with E-state index >= 15 is 0 Å². The largest absolute Gasteiger partial charge is 0.348 e. The van der Waals surface area contributed by atoms with Gasteiger partial charge in [0.2, 0.25) is 0 Å². The molecule has 1 atom stereocenters. The molecule has 92 valence electrons. The van der Waals surface area contributed by atoms with Crippen molar-refractivity contribution < 1.29 is 4.79 Å². The van der Waals surface area contributed by atoms with Crippen LogP contribution in [0.25, 0.3) is 0 Å². The number of hydrogen-bond donors (Lipinski definition) is 2. The molecule has 2 rings (SSSR count). The van der Waals surface area contributed by atoms with Crippen molar-refractivity contribution in [3.05, 3.63) is 35.4 Å². The van der Waals surface area contributed by atoms with Crippen molar-refractivity contribution in [2.45, 2.75) is 32.2 Å². The standard InChI is InChI=1S/C14H20N2O/c1-10(2)11-3-5-12(6-4-11)14(17)16-13-7-8-15-9-13/h3-6,10,13,15H,7-9H2,1-2H3,(H,16,17)/t13-/m1/s1. The first-order valence-electron chi connectivity index (χ1n) is 6.28. The highest BCUT2D eigenvalue weighted by Crippen LogP contribution is 2.14. The van der Waals surface area contributed by atoms with E-state index in [2.05, 4.69) is 24.5 Å². The molecular formula is C14H20N2O. The normalized spacial score (nSPS) is 19.6. The molecule has 0 unspecified atom stereocenters. The molecule has 3 nitrogen and oxygen atoms in total. The molecule has 3 heteroatoms. The summed E-state index contributed by atoms with van der Waals surface area (Å²) < 4.78 is 0. The lowest BCUT2D eigenvalue weighted by Gasteiger charge is -2.12. The SMILES string of the molecule is CC(C)c1ccc(C(=O)N[C@@H]2CCNC2)cc1. The molecule has 1 saturated heterocycles. The van der Waals surface area contributed by atoms with Crippen molar-refractivity contribution >= 4 is 5.91 Å². The monoisotopic (exact) mass is 232 g/mol. The fraction of sp³-hybridized carbons (Fsp3) is 0.500. The molecule has 1 aliphatic rings. The van der Waals surface area contributed by atoms with Gasteiger partial charge in [-0.05, 0) is 36.6 Å². The fourth-order valence-corrected chi connectivity index (χ4v) is 2.07. The molecule has 1 amide bonds. The van der Waals surface area contributed by atoms with Crippen LogP contribution in [0.2, 0.25) is 0 Å². The zero-order valence-electron chi connectivity index (χ0n) is 10.5. The fourth-order valence-electron chi connectivity index (χ4n) is 2.07. The van der Waals surface area contributed by atoms with Gasteiger partial charge in [-0.2, -0.15) is 0 Å². The molecule has 0 radical (unpaired) electrons. The molecule has 0 bridgehead atoms. The molecule has 1 aliphatic heterocycles. The molecule has 1 aromatic rings. The van der Waals surface area contributed by atoms with Gasteiger partial charge in [-0.1, -0.05) is 26.0 Å². The molecule has 17 heavy (non-hydrogen) atoms. The average molecular weight is 232 g/mol. The molecule has 2 N–H and O–H groups in total. The first-order chi connectivity index (χ1) is 8.16. The Kier molecular flexibility index (Phi) is 3.79. The lowest BCUT2D eigenvalue weighted by molar-refractivity contribution is 0.0940. The highest BCUT2D eigenvalue weighted by molar-refractivity contribution is 5.94. The molecular weight excluding hydrogens is 212 g/mol. The van der Waals surface area contributed by atoms with Crippen LogP contribution in [-0.4, -0.2) is 25.0 Å². The van der Waals surface area contributed by atoms with Gasteiger partial charge < -0.3 is 10.6 Å². The third-order valence-corrected chi connectivity index (χ3v) is 3.24. The predicted octanol–water partition coefficient (Wildman–Crippen LogP) is 1.90. The van der Waals surface area contributed by atoms with E-state index in [0.29, 0.717) is 5.92 Å². The first kappa shape index (κ1) is 12.1. The van der Waals surface area contributed by atoms with Crippen LogP contribution in [0, 0.1) is 0 Å². The van der Waals surface area contributed by atoms with E-state index in [0.717, 1.165) is 25.1 Å². The van der Waals surface area contributed by atoms with Crippen LogP contribution in [0.1, 0.15) is 42.1 Å². The quantitative estimate of drug-likeness (QED) is 0.835. The highest BCUT2D eigenvalue weighted by Gasteiger charge is 2.17. The summed E-state index contributed by atoms with van der Waals surface area (Å²) in [4.78, 5) is 11.9. The van der Waals surface area contributed by atoms with E-state index < -0.39 is 0 Å². The zero-order chi connectivity index (χ0) is 12.3. The topological polar surface area (TPSA) is 41.1 Å². The second-order valence-electron chi connectivity index (χ2n) is 4.94. The smallest absolute Gasteiger partial charge is 0.251 e. The second-order valence-corrected chi connectivity index (χ2v) is 4.94. The summed E-state index contributed by atoms with van der Waals surface area (Å²) in [6, 6.07) is 8.17. The van der Waals surface area contributed by atoms with Gasteiger partial charge in [0, 0.05) is 18.2 Å². The van der Waals surface area contributed by atoms with E-state index in [-0.39, 0.29) is 11.9 Å². The molecule has 1 heterocycles. The number of amides is 1. The molecule has 0 spiro atoms. The summed E-state index contributed by atoms with van der Waals surface area (Å²) >= 11 is 0. The average Bonchev–Trinajstić information content (AvgIpc) is 2.82. The van der Waals surface area contributed by atoms with Crippen LogP contribution >= 0.6 is 0 Å². The van der Waals surface area contributed by atoms with Crippen LogP contribution in [-0.2, 0) is 0 Å². The summed E-state index contributed by atoms with van der Waals surface area (Å²) in [7, 11) is 0. The Bertz CT molecular complexity index is 378. The van der Waals surface area contributed by atoms with Crippen molar-refractivity contribution in [3.63, 3.8) is 0 Å². The third-order valence-electron chi connectivity index (χ3n) is 3.24. The summed E-state index contributed by atoms with van der Waals surface area (Å²) in [5.41, 5.74) is 2.02. The van der Waals surface area contributed by atoms with E-state index in [1.54, 1.807) is 0 Å². The zero-order valence-corrected chi connectivity index (χ0v) is 10.5. The number of carbonyl (C=O) groups is 1. The number of rotatable bonds is 3. The minimum Gasteiger partial charge on any atom is -0.348 e. The second kappa shape index (κ2) is 5.32. The maximum absolute atomic E-state index is 11.9. The molecule has 0 saturated carbocycles. The minimum absolute atomic E-state index is 0.0361. The summed E-state index contributed by atoms with van der Waals surface area (Å²) in [5.74, 6) is 0.542. The van der Waals surface area contributed by atoms with Gasteiger partial charge in [-0.25, -0.2) is 0 Å². The van der Waals surface area contributed by atoms with Crippen molar-refractivity contribution in [1.82, 2.24) is 10.6 Å². The van der Waals surface area contributed by atoms with E-state index in [1.807, 2.05) is 24.3 Å². The van der Waals surface area contributed by atoms with Crippen molar-refractivity contribution in [3.8, 4) is 0 Å². The van der Waals surface area contributed by atoms with Gasteiger partial charge in [0.05, 0.1) is 0 Å². The van der Waals surface area contributed by atoms with Crippen molar-refractivity contribution in [2.24, 2.45) is 0 Å². The van der Waals surface area contributed by atoms with Crippen molar-refractivity contribution in [2.75, 3.05) is 13.1 Å². The van der Waals surface area contributed by atoms with Crippen LogP contribution in [0.4, 0.5) is 0 Å². The molecule has 0 aromatic heterocycles. The Morgan fingerprint density at radius 2 is 2.06 bits per heavy atom. The lowest BCUT2D eigenvalue weighted by atomic mass is 10.0. The number of carbonyl (C=O) groups excluding carboxylic acids is 1. The Morgan fingerprint density at radius 3 is 2.59 bits per heavy atom. The van der Waals surface area contributed by atoms with Crippen molar-refractivity contribution in [1.29, 1.82) is 0 Å². The van der Waals surface area contributed by atoms with Gasteiger partial charge in [0.15, 0.2) is 0 Å². The van der Waals surface area contributed by atoms with Gasteiger partial charge >= 0.3 is 0 Å². The van der Waals surface area contributed by atoms with Gasteiger partial charge in [-0.15, -0.1) is 0 Å². The molecule has 1 aromatic carbocycles. The lowest BCUT2D eigenvalue weighted by Crippen LogP contribution is -2.36. The predicted molar refractivity (Wildman–Crippen MR) is 69.3 cm³/mol. The summed E-state index contributed by atoms with van der Waals surface area (Å²) in [5, 5.41) is 6.28. The minimum atomic E-state index is 0.0361. The first-order valence-corrected chi connectivity index (χ1v) is 6.28. The van der Waals surface area contributed by atoms with Crippen LogP contribution < -0.4 is 10.6 Å². The van der Waals surface area contributed by atoms with E-state index in [1.165, 1.54) is 5.56 Å². The van der Waals surface area contributed by atoms with Gasteiger partial charge in [0.1, 0.15) is 0 Å². The van der Waals surface area contributed by atoms with Crippen LogP contribution in [0.15, 0.2) is 24.3 Å². The third kappa shape index (κ3) is 3.07. The Hall–Kier alpha value is -1.35. The number of benzene rings is 1. The van der Waals surface area contributed by atoms with Gasteiger partial charge in [0.25, 0.3) is 5.91 Å². The van der Waals surface area contributed by atoms with Gasteiger partial charge in [-0.3, -0.25) is 4.79 Å². The number of hydrogen-bond acceptors (Lipinski definition) is 2. The Balaban J connectivity index is 1.98. The Morgan fingerprint density at radius 1 is 1.35 bits per heavy atom. The highest BCUT2D eigenvalue weighted by atomic mass is 16.1.